The summed E-state index contributed by atoms with van der Waals surface area (Å²) in [5.41, 5.74) is 0.539. The Kier molecular flexibility index (Phi) is 2.15. The molecule has 0 radical (unpaired) electrons. The molecule has 0 unspecified atom stereocenters. The number of carbonyl (C=O) groups is 1. The Morgan fingerprint density at radius 2 is 2.19 bits per heavy atom. The van der Waals surface area contributed by atoms with Gasteiger partial charge >= 0.3 is 0 Å². The summed E-state index contributed by atoms with van der Waals surface area (Å²) in [4.78, 5) is 12.1. The summed E-state index contributed by atoms with van der Waals surface area (Å²) in [7, 11) is 0. The fraction of sp³-hybridized carbons (Fsp3) is 0.462. The lowest BCUT2D eigenvalue weighted by Crippen LogP contribution is -2.51. The second-order valence-corrected chi connectivity index (χ2v) is 5.95. The molecule has 0 bridgehead atoms. The zero-order chi connectivity index (χ0) is 11.3. The van der Waals surface area contributed by atoms with Crippen LogP contribution in [0.5, 0.6) is 5.75 Å². The minimum Gasteiger partial charge on any atom is -0.486 e. The third-order valence-electron chi connectivity index (χ3n) is 3.49. The molecule has 1 aromatic rings. The van der Waals surface area contributed by atoms with Crippen LogP contribution in [0.15, 0.2) is 22.7 Å². The van der Waals surface area contributed by atoms with Crippen LogP contribution in [-0.2, 0) is 0 Å². The second-order valence-electron chi connectivity index (χ2n) is 5.04. The molecule has 1 aromatic carbocycles. The quantitative estimate of drug-likeness (QED) is 0.726. The van der Waals surface area contributed by atoms with E-state index >= 15 is 0 Å². The summed E-state index contributed by atoms with van der Waals surface area (Å²) in [6.07, 6.45) is 2.56. The van der Waals surface area contributed by atoms with Crippen LogP contribution in [-0.4, -0.2) is 11.4 Å². The van der Waals surface area contributed by atoms with E-state index in [-0.39, 0.29) is 11.4 Å². The fourth-order valence-electron chi connectivity index (χ4n) is 2.90. The number of carbonyl (C=O) groups excluding carboxylic acids is 1. The molecule has 16 heavy (non-hydrogen) atoms. The Labute approximate surface area is 103 Å². The summed E-state index contributed by atoms with van der Waals surface area (Å²) >= 11 is 3.38. The molecule has 1 heterocycles. The summed E-state index contributed by atoms with van der Waals surface area (Å²) in [5.74, 6) is 1.66. The van der Waals surface area contributed by atoms with Crippen molar-refractivity contribution >= 4 is 21.7 Å². The van der Waals surface area contributed by atoms with E-state index in [1.54, 1.807) is 0 Å². The van der Waals surface area contributed by atoms with Crippen molar-refractivity contribution < 1.29 is 9.53 Å². The van der Waals surface area contributed by atoms with Crippen LogP contribution in [0.4, 0.5) is 0 Å². The predicted octanol–water partition coefficient (Wildman–Crippen LogP) is 3.58. The highest BCUT2D eigenvalue weighted by Crippen LogP contribution is 2.48. The third-order valence-corrected chi connectivity index (χ3v) is 3.99. The molecule has 1 aliphatic carbocycles. The summed E-state index contributed by atoms with van der Waals surface area (Å²) < 4.78 is 6.94. The van der Waals surface area contributed by atoms with Gasteiger partial charge in [0.25, 0.3) is 0 Å². The van der Waals surface area contributed by atoms with E-state index in [1.165, 1.54) is 0 Å². The number of rotatable bonds is 0. The Hall–Kier alpha value is -0.830. The van der Waals surface area contributed by atoms with Gasteiger partial charge in [0.05, 0.1) is 12.0 Å². The Morgan fingerprint density at radius 1 is 1.44 bits per heavy atom. The molecule has 0 aromatic heterocycles. The molecule has 1 saturated carbocycles. The van der Waals surface area contributed by atoms with E-state index in [2.05, 4.69) is 22.9 Å². The molecule has 0 amide bonds. The number of ketones is 1. The molecule has 3 heteroatoms. The molecule has 0 N–H and O–H groups in total. The lowest BCUT2D eigenvalue weighted by molar-refractivity contribution is -0.0501. The number of hydrogen-bond donors (Lipinski definition) is 0. The molecule has 84 valence electrons. The molecule has 2 aliphatic rings. The van der Waals surface area contributed by atoms with Crippen molar-refractivity contribution in [1.29, 1.82) is 0 Å². The molecule has 1 aliphatic heterocycles. The maximum Gasteiger partial charge on any atom is 0.170 e. The zero-order valence-electron chi connectivity index (χ0n) is 9.13. The zero-order valence-corrected chi connectivity index (χ0v) is 10.7. The fourth-order valence-corrected chi connectivity index (χ4v) is 3.27. The number of Topliss-reactive ketones (excluding diaryl/α,β-unsaturated/α-hetero) is 1. The number of fused-ring (bicyclic) bond motifs is 1. The Bertz CT molecular complexity index is 461. The van der Waals surface area contributed by atoms with Crippen molar-refractivity contribution in [3.05, 3.63) is 28.2 Å². The summed E-state index contributed by atoms with van der Waals surface area (Å²) in [6.45, 7) is 2.20. The van der Waals surface area contributed by atoms with Gasteiger partial charge in [-0.05, 0) is 37.0 Å². The number of ether oxygens (including phenoxy) is 1. The Morgan fingerprint density at radius 3 is 2.88 bits per heavy atom. The molecule has 0 saturated heterocycles. The maximum absolute atomic E-state index is 12.1. The van der Waals surface area contributed by atoms with Crippen LogP contribution >= 0.6 is 15.9 Å². The molecular weight excluding hydrogens is 268 g/mol. The molecule has 1 fully saturated rings. The van der Waals surface area contributed by atoms with Gasteiger partial charge in [-0.1, -0.05) is 22.9 Å². The van der Waals surface area contributed by atoms with Gasteiger partial charge in [0.1, 0.15) is 11.4 Å². The van der Waals surface area contributed by atoms with Crippen molar-refractivity contribution in [1.82, 2.24) is 0 Å². The molecule has 1 spiro atoms. The van der Waals surface area contributed by atoms with Crippen LogP contribution in [0.2, 0.25) is 0 Å². The lowest BCUT2D eigenvalue weighted by Gasteiger charge is -2.48. The Balaban J connectivity index is 1.98. The first-order chi connectivity index (χ1) is 7.58. The van der Waals surface area contributed by atoms with Crippen LogP contribution in [0.25, 0.3) is 0 Å². The number of hydrogen-bond acceptors (Lipinski definition) is 2. The highest BCUT2D eigenvalue weighted by molar-refractivity contribution is 9.10. The van der Waals surface area contributed by atoms with Crippen molar-refractivity contribution in [2.45, 2.75) is 31.8 Å². The second kappa shape index (κ2) is 3.33. The standard InChI is InChI=1S/C13H13BrO2/c1-8-5-13(6-8)7-11(15)10-4-9(14)2-3-12(10)16-13/h2-4,8H,5-7H2,1H3. The largest absolute Gasteiger partial charge is 0.486 e. The molecular formula is C13H13BrO2. The SMILES string of the molecule is CC1CC2(CC(=O)c3cc(Br)ccc3O2)C1. The van der Waals surface area contributed by atoms with Gasteiger partial charge in [0.2, 0.25) is 0 Å². The van der Waals surface area contributed by atoms with Crippen LogP contribution in [0.3, 0.4) is 0 Å². The van der Waals surface area contributed by atoms with Gasteiger partial charge in [-0.25, -0.2) is 0 Å². The highest BCUT2D eigenvalue weighted by atomic mass is 79.9. The first kappa shape index (κ1) is 10.3. The van der Waals surface area contributed by atoms with E-state index in [1.807, 2.05) is 18.2 Å². The van der Waals surface area contributed by atoms with Gasteiger partial charge in [-0.15, -0.1) is 0 Å². The van der Waals surface area contributed by atoms with Crippen molar-refractivity contribution in [3.63, 3.8) is 0 Å². The van der Waals surface area contributed by atoms with Crippen molar-refractivity contribution in [2.24, 2.45) is 5.92 Å². The van der Waals surface area contributed by atoms with Crippen LogP contribution in [0, 0.1) is 5.92 Å². The minimum atomic E-state index is -0.183. The van der Waals surface area contributed by atoms with E-state index in [4.69, 9.17) is 4.74 Å². The normalized spacial score (nSPS) is 31.9. The van der Waals surface area contributed by atoms with Gasteiger partial charge in [-0.2, -0.15) is 0 Å². The lowest BCUT2D eigenvalue weighted by atomic mass is 9.68. The van der Waals surface area contributed by atoms with E-state index in [9.17, 15) is 4.79 Å². The summed E-state index contributed by atoms with van der Waals surface area (Å²) in [5, 5.41) is 0. The maximum atomic E-state index is 12.1. The van der Waals surface area contributed by atoms with E-state index in [0.29, 0.717) is 12.3 Å². The van der Waals surface area contributed by atoms with E-state index < -0.39 is 0 Å². The van der Waals surface area contributed by atoms with Gasteiger partial charge in [0.15, 0.2) is 5.78 Å². The van der Waals surface area contributed by atoms with Crippen LogP contribution in [0.1, 0.15) is 36.5 Å². The van der Waals surface area contributed by atoms with Gasteiger partial charge in [-0.3, -0.25) is 4.79 Å². The van der Waals surface area contributed by atoms with Gasteiger partial charge in [0, 0.05) is 4.47 Å². The average molecular weight is 281 g/mol. The minimum absolute atomic E-state index is 0.183. The average Bonchev–Trinajstić information content (AvgIpc) is 2.17. The highest BCUT2D eigenvalue weighted by Gasteiger charge is 2.48. The first-order valence-electron chi connectivity index (χ1n) is 5.60. The molecule has 2 nitrogen and oxygen atoms in total. The number of benzene rings is 1. The smallest absolute Gasteiger partial charge is 0.170 e. The van der Waals surface area contributed by atoms with Crippen LogP contribution < -0.4 is 4.74 Å². The van der Waals surface area contributed by atoms with Crippen molar-refractivity contribution in [3.8, 4) is 5.75 Å². The summed E-state index contributed by atoms with van der Waals surface area (Å²) in [6, 6.07) is 5.67. The predicted molar refractivity (Wildman–Crippen MR) is 64.8 cm³/mol. The topological polar surface area (TPSA) is 26.3 Å². The molecule has 3 rings (SSSR count). The van der Waals surface area contributed by atoms with E-state index in [0.717, 1.165) is 28.6 Å². The monoisotopic (exact) mass is 280 g/mol. The van der Waals surface area contributed by atoms with Crippen molar-refractivity contribution in [2.75, 3.05) is 0 Å². The third kappa shape index (κ3) is 1.49. The first-order valence-corrected chi connectivity index (χ1v) is 6.39. The number of halogens is 1. The van der Waals surface area contributed by atoms with Gasteiger partial charge < -0.3 is 4.74 Å². The molecule has 0 atom stereocenters.